The molecule has 0 saturated carbocycles. The Morgan fingerprint density at radius 1 is 1.10 bits per heavy atom. The van der Waals surface area contributed by atoms with Gasteiger partial charge >= 0.3 is 0 Å². The lowest BCUT2D eigenvalue weighted by molar-refractivity contribution is -0.119. The number of nitrogens with zero attached hydrogens (tertiary/aromatic N) is 1. The highest BCUT2D eigenvalue weighted by Gasteiger charge is 2.35. The number of carbonyl (C=O) groups is 2. The maximum Gasteiger partial charge on any atom is 0.255 e. The molecule has 1 aliphatic heterocycles. The molecule has 7 nitrogen and oxygen atoms in total. The minimum atomic E-state index is -3.58. The highest BCUT2D eigenvalue weighted by molar-refractivity contribution is 7.99. The summed E-state index contributed by atoms with van der Waals surface area (Å²) >= 11 is 1.51. The summed E-state index contributed by atoms with van der Waals surface area (Å²) in [5.74, 6) is 0.381. The number of aryl methyl sites for hydroxylation is 2. The highest BCUT2D eigenvalue weighted by atomic mass is 32.2. The molecule has 1 fully saturated rings. The Balaban J connectivity index is 1.73. The van der Waals surface area contributed by atoms with E-state index >= 15 is 0 Å². The Bertz CT molecular complexity index is 1050. The van der Waals surface area contributed by atoms with Gasteiger partial charge in [0.1, 0.15) is 6.04 Å². The van der Waals surface area contributed by atoms with Crippen LogP contribution < -0.4 is 10.0 Å². The van der Waals surface area contributed by atoms with Crippen LogP contribution in [0.4, 0.5) is 5.69 Å². The van der Waals surface area contributed by atoms with E-state index in [1.165, 1.54) is 40.9 Å². The van der Waals surface area contributed by atoms with Gasteiger partial charge in [0, 0.05) is 23.5 Å². The third kappa shape index (κ3) is 4.85. The van der Waals surface area contributed by atoms with Crippen LogP contribution in [0.25, 0.3) is 0 Å². The van der Waals surface area contributed by atoms with E-state index in [1.807, 2.05) is 32.0 Å². The predicted molar refractivity (Wildman–Crippen MR) is 119 cm³/mol. The first-order valence-corrected chi connectivity index (χ1v) is 12.2. The molecular formula is C21H25N3O4S2. The van der Waals surface area contributed by atoms with Crippen molar-refractivity contribution in [1.29, 1.82) is 0 Å². The highest BCUT2D eigenvalue weighted by Crippen LogP contribution is 2.25. The molecule has 2 aromatic carbocycles. The van der Waals surface area contributed by atoms with E-state index in [4.69, 9.17) is 0 Å². The molecule has 3 rings (SSSR count). The first kappa shape index (κ1) is 22.3. The van der Waals surface area contributed by atoms with Gasteiger partial charge in [-0.2, -0.15) is 0 Å². The van der Waals surface area contributed by atoms with Crippen molar-refractivity contribution in [2.45, 2.75) is 31.7 Å². The summed E-state index contributed by atoms with van der Waals surface area (Å²) in [7, 11) is -3.58. The van der Waals surface area contributed by atoms with Crippen LogP contribution in [0.5, 0.6) is 0 Å². The van der Waals surface area contributed by atoms with Crippen LogP contribution in [0.3, 0.4) is 0 Å². The minimum Gasteiger partial charge on any atom is -0.324 e. The van der Waals surface area contributed by atoms with Crippen molar-refractivity contribution in [3.05, 3.63) is 59.2 Å². The van der Waals surface area contributed by atoms with E-state index in [0.717, 1.165) is 11.1 Å². The molecule has 30 heavy (non-hydrogen) atoms. The lowest BCUT2D eigenvalue weighted by Gasteiger charge is -2.23. The SMILES string of the molecule is CCNS(=O)(=O)c1ccc(C(=O)N2CSCC2C(=O)Nc2ccc(C)c(C)c2)cc1. The number of benzene rings is 2. The second-order valence-electron chi connectivity index (χ2n) is 7.10. The van der Waals surface area contributed by atoms with Gasteiger partial charge in [0.15, 0.2) is 0 Å². The van der Waals surface area contributed by atoms with Gasteiger partial charge < -0.3 is 10.2 Å². The lowest BCUT2D eigenvalue weighted by Crippen LogP contribution is -2.44. The number of sulfonamides is 1. The van der Waals surface area contributed by atoms with Crippen molar-refractivity contribution in [3.63, 3.8) is 0 Å². The molecule has 1 aliphatic rings. The monoisotopic (exact) mass is 447 g/mol. The Kier molecular flexibility index (Phi) is 6.84. The van der Waals surface area contributed by atoms with Gasteiger partial charge in [0.2, 0.25) is 15.9 Å². The van der Waals surface area contributed by atoms with E-state index in [1.54, 1.807) is 6.92 Å². The van der Waals surface area contributed by atoms with E-state index < -0.39 is 16.1 Å². The fraction of sp³-hybridized carbons (Fsp3) is 0.333. The predicted octanol–water partition coefficient (Wildman–Crippen LogP) is 2.76. The van der Waals surface area contributed by atoms with Crippen molar-refractivity contribution >= 4 is 39.3 Å². The second-order valence-corrected chi connectivity index (χ2v) is 9.87. The summed E-state index contributed by atoms with van der Waals surface area (Å²) in [6.45, 7) is 5.96. The summed E-state index contributed by atoms with van der Waals surface area (Å²) in [6.07, 6.45) is 0. The molecule has 1 heterocycles. The molecule has 9 heteroatoms. The van der Waals surface area contributed by atoms with E-state index in [-0.39, 0.29) is 23.3 Å². The third-order valence-electron chi connectivity index (χ3n) is 4.97. The molecule has 0 aliphatic carbocycles. The first-order chi connectivity index (χ1) is 14.2. The maximum absolute atomic E-state index is 13.0. The van der Waals surface area contributed by atoms with Crippen LogP contribution in [0.2, 0.25) is 0 Å². The standard InChI is InChI=1S/C21H25N3O4S2/c1-4-22-30(27,28)18-9-6-16(7-10-18)21(26)24-13-29-12-19(24)20(25)23-17-8-5-14(2)15(3)11-17/h5-11,19,22H,4,12-13H2,1-3H3,(H,23,25). The molecule has 2 aromatic rings. The molecule has 2 N–H and O–H groups in total. The number of hydrogen-bond donors (Lipinski definition) is 2. The molecule has 0 spiro atoms. The summed E-state index contributed by atoms with van der Waals surface area (Å²) < 4.78 is 26.5. The second kappa shape index (κ2) is 9.20. The molecular weight excluding hydrogens is 422 g/mol. The summed E-state index contributed by atoms with van der Waals surface area (Å²) in [5, 5.41) is 2.90. The topological polar surface area (TPSA) is 95.6 Å². The zero-order valence-electron chi connectivity index (χ0n) is 17.1. The van der Waals surface area contributed by atoms with Gasteiger partial charge in [-0.3, -0.25) is 9.59 Å². The molecule has 0 radical (unpaired) electrons. The Labute approximate surface area is 181 Å². The molecule has 2 amide bonds. The molecule has 1 unspecified atom stereocenters. The van der Waals surface area contributed by atoms with Crippen LogP contribution in [-0.4, -0.2) is 49.3 Å². The number of hydrogen-bond acceptors (Lipinski definition) is 5. The maximum atomic E-state index is 13.0. The van der Waals surface area contributed by atoms with Crippen molar-refractivity contribution in [2.24, 2.45) is 0 Å². The Morgan fingerprint density at radius 2 is 1.80 bits per heavy atom. The van der Waals surface area contributed by atoms with Gasteiger partial charge in [-0.15, -0.1) is 11.8 Å². The molecule has 0 aromatic heterocycles. The molecule has 160 valence electrons. The average Bonchev–Trinajstić information content (AvgIpc) is 3.20. The van der Waals surface area contributed by atoms with Gasteiger partial charge in [0.05, 0.1) is 10.8 Å². The van der Waals surface area contributed by atoms with E-state index in [2.05, 4.69) is 10.0 Å². The minimum absolute atomic E-state index is 0.0979. The Morgan fingerprint density at radius 3 is 2.43 bits per heavy atom. The number of anilines is 1. The number of nitrogens with one attached hydrogen (secondary N) is 2. The van der Waals surface area contributed by atoms with Crippen LogP contribution in [0.15, 0.2) is 47.4 Å². The van der Waals surface area contributed by atoms with Gasteiger partial charge in [-0.1, -0.05) is 13.0 Å². The van der Waals surface area contributed by atoms with E-state index in [0.29, 0.717) is 22.9 Å². The average molecular weight is 448 g/mol. The summed E-state index contributed by atoms with van der Waals surface area (Å²) in [6, 6.07) is 10.9. The zero-order chi connectivity index (χ0) is 21.9. The number of rotatable bonds is 6. The van der Waals surface area contributed by atoms with Crippen LogP contribution in [0.1, 0.15) is 28.4 Å². The fourth-order valence-corrected chi connectivity index (χ4v) is 5.32. The number of carbonyl (C=O) groups excluding carboxylic acids is 2. The number of amides is 2. The largest absolute Gasteiger partial charge is 0.324 e. The quantitative estimate of drug-likeness (QED) is 0.710. The van der Waals surface area contributed by atoms with Crippen molar-refractivity contribution in [2.75, 3.05) is 23.5 Å². The van der Waals surface area contributed by atoms with Crippen molar-refractivity contribution in [3.8, 4) is 0 Å². The lowest BCUT2D eigenvalue weighted by atomic mass is 10.1. The summed E-state index contributed by atoms with van der Waals surface area (Å²) in [5.41, 5.74) is 3.26. The smallest absolute Gasteiger partial charge is 0.255 e. The zero-order valence-corrected chi connectivity index (χ0v) is 18.8. The van der Waals surface area contributed by atoms with Gasteiger partial charge in [0.25, 0.3) is 5.91 Å². The number of thioether (sulfide) groups is 1. The normalized spacial score (nSPS) is 16.5. The van der Waals surface area contributed by atoms with Crippen molar-refractivity contribution in [1.82, 2.24) is 9.62 Å². The summed E-state index contributed by atoms with van der Waals surface area (Å²) in [4.78, 5) is 27.4. The molecule has 1 atom stereocenters. The van der Waals surface area contributed by atoms with Crippen molar-refractivity contribution < 1.29 is 18.0 Å². The Hall–Kier alpha value is -2.36. The van der Waals surface area contributed by atoms with Crippen LogP contribution in [0, 0.1) is 13.8 Å². The van der Waals surface area contributed by atoms with E-state index in [9.17, 15) is 18.0 Å². The van der Waals surface area contributed by atoms with Gasteiger partial charge in [-0.25, -0.2) is 13.1 Å². The molecule has 0 bridgehead atoms. The van der Waals surface area contributed by atoms with Crippen LogP contribution in [-0.2, 0) is 14.8 Å². The molecule has 1 saturated heterocycles. The van der Waals surface area contributed by atoms with Gasteiger partial charge in [-0.05, 0) is 61.4 Å². The fourth-order valence-electron chi connectivity index (χ4n) is 3.12. The van der Waals surface area contributed by atoms with Crippen LogP contribution >= 0.6 is 11.8 Å². The first-order valence-electron chi connectivity index (χ1n) is 9.59. The third-order valence-corrected chi connectivity index (χ3v) is 7.54.